The fraction of sp³-hybridized carbons (Fsp3) is 0.294. The molecule has 0 unspecified atom stereocenters. The van der Waals surface area contributed by atoms with Crippen LogP contribution in [0.4, 0.5) is 0 Å². The van der Waals surface area contributed by atoms with Gasteiger partial charge in [0.05, 0.1) is 17.1 Å². The van der Waals surface area contributed by atoms with E-state index >= 15 is 0 Å². The largest absolute Gasteiger partial charge is 0.618 e. The predicted octanol–water partition coefficient (Wildman–Crippen LogP) is 3.07. The van der Waals surface area contributed by atoms with Gasteiger partial charge in [0.2, 0.25) is 0 Å². The van der Waals surface area contributed by atoms with Crippen LogP contribution in [-0.4, -0.2) is 28.6 Å². The van der Waals surface area contributed by atoms with Gasteiger partial charge in [-0.1, -0.05) is 5.16 Å². The molecule has 7 nitrogen and oxygen atoms in total. The molecule has 1 heterocycles. The minimum atomic E-state index is -0.636. The molecule has 0 spiro atoms. The van der Waals surface area contributed by atoms with Gasteiger partial charge in [0.25, 0.3) is 5.69 Å². The number of nitrogens with zero attached hydrogens (tertiary/aromatic N) is 2. The van der Waals surface area contributed by atoms with Crippen molar-refractivity contribution in [1.82, 2.24) is 0 Å². The van der Waals surface area contributed by atoms with Gasteiger partial charge in [-0.3, -0.25) is 0 Å². The summed E-state index contributed by atoms with van der Waals surface area (Å²) in [4.78, 5) is 5.43. The minimum absolute atomic E-state index is 0.0103. The molecule has 2 aromatic rings. The van der Waals surface area contributed by atoms with Crippen LogP contribution in [-0.2, 0) is 4.84 Å². The van der Waals surface area contributed by atoms with Gasteiger partial charge in [0, 0.05) is 12.1 Å². The zero-order chi connectivity index (χ0) is 18.8. The normalized spacial score (nSPS) is 12.1. The number of oxime groups is 1. The van der Waals surface area contributed by atoms with Crippen molar-refractivity contribution in [3.63, 3.8) is 0 Å². The lowest BCUT2D eigenvalue weighted by atomic mass is 10.0. The molecule has 0 aliphatic heterocycles. The van der Waals surface area contributed by atoms with Gasteiger partial charge in [-0.15, -0.1) is 0 Å². The van der Waals surface area contributed by atoms with Crippen LogP contribution in [0, 0.1) is 5.21 Å². The van der Waals surface area contributed by atoms with Crippen molar-refractivity contribution in [3.05, 3.63) is 51.4 Å². The van der Waals surface area contributed by atoms with Crippen LogP contribution in [0.1, 0.15) is 32.0 Å². The van der Waals surface area contributed by atoms with E-state index in [1.165, 1.54) is 37.6 Å². The standard InChI is InChI=1S/C17H19BrN2O5/c1-17(2,3)25-19-15(16-12(21)6-5-7-20(16)23)10-8-11(18)14(24-4)9-13(10)22/h5-9,21-22H,1-4H3/b19-15-. The second-order valence-corrected chi connectivity index (χ2v) is 7.07. The van der Waals surface area contributed by atoms with Gasteiger partial charge in [0.15, 0.2) is 17.7 Å². The van der Waals surface area contributed by atoms with E-state index in [0.717, 1.165) is 0 Å². The molecule has 1 aromatic heterocycles. The van der Waals surface area contributed by atoms with Crippen LogP contribution in [0.5, 0.6) is 17.2 Å². The molecule has 2 N–H and O–H groups in total. The first-order valence-electron chi connectivity index (χ1n) is 7.38. The molecule has 0 fully saturated rings. The molecule has 0 radical (unpaired) electrons. The number of phenols is 1. The number of aromatic hydroxyl groups is 2. The number of halogens is 1. The van der Waals surface area contributed by atoms with Crippen LogP contribution in [0.3, 0.4) is 0 Å². The van der Waals surface area contributed by atoms with Crippen molar-refractivity contribution >= 4 is 21.6 Å². The summed E-state index contributed by atoms with van der Waals surface area (Å²) in [7, 11) is 1.46. The highest BCUT2D eigenvalue weighted by Gasteiger charge is 2.27. The van der Waals surface area contributed by atoms with E-state index in [1.807, 2.05) is 0 Å². The molecule has 0 bridgehead atoms. The third kappa shape index (κ3) is 4.33. The molecular weight excluding hydrogens is 392 g/mol. The average Bonchev–Trinajstić information content (AvgIpc) is 2.51. The number of hydrogen-bond acceptors (Lipinski definition) is 6. The lowest BCUT2D eigenvalue weighted by Gasteiger charge is -2.18. The Labute approximate surface area is 153 Å². The fourth-order valence-corrected chi connectivity index (χ4v) is 2.50. The Bertz CT molecular complexity index is 795. The molecule has 0 atom stereocenters. The Balaban J connectivity index is 2.71. The quantitative estimate of drug-likeness (QED) is 0.349. The molecule has 0 aliphatic carbocycles. The number of hydrogen-bond donors (Lipinski definition) is 2. The summed E-state index contributed by atoms with van der Waals surface area (Å²) in [6, 6.07) is 5.66. The van der Waals surface area contributed by atoms with Crippen molar-refractivity contribution in [1.29, 1.82) is 0 Å². The Hall–Kier alpha value is -2.48. The second-order valence-electron chi connectivity index (χ2n) is 6.22. The predicted molar refractivity (Wildman–Crippen MR) is 95.9 cm³/mol. The third-order valence-corrected chi connectivity index (χ3v) is 3.72. The lowest BCUT2D eigenvalue weighted by Crippen LogP contribution is -2.35. The summed E-state index contributed by atoms with van der Waals surface area (Å²) in [5.41, 5.74) is -0.589. The van der Waals surface area contributed by atoms with E-state index < -0.39 is 5.60 Å². The maximum Gasteiger partial charge on any atom is 0.288 e. The summed E-state index contributed by atoms with van der Waals surface area (Å²) < 4.78 is 6.13. The summed E-state index contributed by atoms with van der Waals surface area (Å²) in [6.45, 7) is 5.36. The Kier molecular flexibility index (Phi) is 5.42. The van der Waals surface area contributed by atoms with Crippen molar-refractivity contribution in [2.45, 2.75) is 26.4 Å². The molecule has 1 aromatic carbocycles. The van der Waals surface area contributed by atoms with E-state index in [1.54, 1.807) is 20.8 Å². The minimum Gasteiger partial charge on any atom is -0.618 e. The van der Waals surface area contributed by atoms with Crippen LogP contribution >= 0.6 is 15.9 Å². The van der Waals surface area contributed by atoms with Crippen LogP contribution in [0.15, 0.2) is 40.1 Å². The average molecular weight is 411 g/mol. The molecule has 0 saturated carbocycles. The first-order valence-corrected chi connectivity index (χ1v) is 8.18. The SMILES string of the molecule is COc1cc(O)c(/C(=N/OC(C)(C)C)c2c(O)ccc[n+]2[O-])cc1Br. The van der Waals surface area contributed by atoms with Crippen molar-refractivity contribution in [2.75, 3.05) is 7.11 Å². The van der Waals surface area contributed by atoms with Crippen molar-refractivity contribution in [2.24, 2.45) is 5.16 Å². The van der Waals surface area contributed by atoms with Gasteiger partial charge in [-0.2, -0.15) is 4.73 Å². The van der Waals surface area contributed by atoms with Crippen molar-refractivity contribution in [3.8, 4) is 17.2 Å². The molecule has 8 heteroatoms. The van der Waals surface area contributed by atoms with Gasteiger partial charge in [-0.25, -0.2) is 0 Å². The first-order chi connectivity index (χ1) is 11.6. The van der Waals surface area contributed by atoms with Crippen molar-refractivity contribution < 1.29 is 24.5 Å². The highest BCUT2D eigenvalue weighted by atomic mass is 79.9. The molecule has 2 rings (SSSR count). The Morgan fingerprint density at radius 3 is 2.48 bits per heavy atom. The van der Waals surface area contributed by atoms with E-state index in [2.05, 4.69) is 21.1 Å². The maximum atomic E-state index is 12.2. The first kappa shape index (κ1) is 18.9. The number of aromatic nitrogens is 1. The molecular formula is C17H19BrN2O5. The van der Waals surface area contributed by atoms with Gasteiger partial charge < -0.3 is 25.0 Å². The molecule has 25 heavy (non-hydrogen) atoms. The number of rotatable bonds is 4. The fourth-order valence-electron chi connectivity index (χ4n) is 2.00. The van der Waals surface area contributed by atoms with Crippen LogP contribution in [0.2, 0.25) is 0 Å². The number of phenolic OH excluding ortho intramolecular Hbond substituents is 1. The molecule has 134 valence electrons. The summed E-state index contributed by atoms with van der Waals surface area (Å²) >= 11 is 3.33. The molecule has 0 aliphatic rings. The lowest BCUT2D eigenvalue weighted by molar-refractivity contribution is -0.607. The van der Waals surface area contributed by atoms with Gasteiger partial charge in [0.1, 0.15) is 17.1 Å². The highest BCUT2D eigenvalue weighted by Crippen LogP contribution is 2.34. The van der Waals surface area contributed by atoms with Gasteiger partial charge >= 0.3 is 0 Å². The van der Waals surface area contributed by atoms with Crippen LogP contribution in [0.25, 0.3) is 0 Å². The number of methoxy groups -OCH3 is 1. The van der Waals surface area contributed by atoms with E-state index in [9.17, 15) is 15.4 Å². The van der Waals surface area contributed by atoms with Gasteiger partial charge in [-0.05, 0) is 48.8 Å². The zero-order valence-corrected chi connectivity index (χ0v) is 15.9. The Morgan fingerprint density at radius 1 is 1.24 bits per heavy atom. The molecule has 0 amide bonds. The van der Waals surface area contributed by atoms with E-state index in [0.29, 0.717) is 15.0 Å². The zero-order valence-electron chi connectivity index (χ0n) is 14.3. The third-order valence-electron chi connectivity index (χ3n) is 3.10. The highest BCUT2D eigenvalue weighted by molar-refractivity contribution is 9.10. The second kappa shape index (κ2) is 7.18. The number of ether oxygens (including phenoxy) is 1. The topological polar surface area (TPSA) is 98.2 Å². The Morgan fingerprint density at radius 2 is 1.92 bits per heavy atom. The summed E-state index contributed by atoms with van der Waals surface area (Å²) in [5.74, 6) is -0.0655. The number of benzene rings is 1. The van der Waals surface area contributed by atoms with E-state index in [-0.39, 0.29) is 28.5 Å². The summed E-state index contributed by atoms with van der Waals surface area (Å²) in [5, 5.41) is 36.7. The summed E-state index contributed by atoms with van der Waals surface area (Å²) in [6.07, 6.45) is 1.22. The van der Waals surface area contributed by atoms with Crippen LogP contribution < -0.4 is 9.47 Å². The molecule has 0 saturated heterocycles. The monoisotopic (exact) mass is 410 g/mol. The maximum absolute atomic E-state index is 12.2. The number of pyridine rings is 1. The smallest absolute Gasteiger partial charge is 0.288 e. The van der Waals surface area contributed by atoms with E-state index in [4.69, 9.17) is 9.57 Å².